The molecule has 1 aromatic heterocycles. The molecule has 0 aliphatic heterocycles. The van der Waals surface area contributed by atoms with E-state index in [9.17, 15) is 4.39 Å². The Hall–Kier alpha value is -1.03. The Balaban J connectivity index is 2.64. The first kappa shape index (κ1) is 12.4. The van der Waals surface area contributed by atoms with Crippen molar-refractivity contribution in [2.75, 3.05) is 5.73 Å². The van der Waals surface area contributed by atoms with Crippen LogP contribution in [-0.2, 0) is 0 Å². The number of pyridine rings is 1. The van der Waals surface area contributed by atoms with Gasteiger partial charge in [-0.25, -0.2) is 9.37 Å². The zero-order valence-electron chi connectivity index (χ0n) is 8.35. The van der Waals surface area contributed by atoms with Gasteiger partial charge in [0.15, 0.2) is 0 Å². The smallest absolute Gasteiger partial charge is 0.142 e. The van der Waals surface area contributed by atoms with Crippen molar-refractivity contribution in [2.24, 2.45) is 0 Å². The summed E-state index contributed by atoms with van der Waals surface area (Å²) in [7, 11) is 0. The van der Waals surface area contributed by atoms with E-state index in [0.717, 1.165) is 6.20 Å². The van der Waals surface area contributed by atoms with Crippen molar-refractivity contribution in [3.8, 4) is 11.1 Å². The zero-order valence-corrected chi connectivity index (χ0v) is 10.6. The van der Waals surface area contributed by atoms with E-state index in [4.69, 9.17) is 40.5 Å². The molecule has 0 bridgehead atoms. The molecule has 0 unspecified atom stereocenters. The predicted molar refractivity (Wildman–Crippen MR) is 69.1 cm³/mol. The summed E-state index contributed by atoms with van der Waals surface area (Å²) in [5.74, 6) is -0.294. The highest BCUT2D eigenvalue weighted by molar-refractivity contribution is 6.48. The number of benzene rings is 1. The van der Waals surface area contributed by atoms with Crippen LogP contribution in [0, 0.1) is 5.82 Å². The molecule has 0 saturated carbocycles. The van der Waals surface area contributed by atoms with Crippen LogP contribution in [0.5, 0.6) is 0 Å². The van der Waals surface area contributed by atoms with Crippen LogP contribution in [0.15, 0.2) is 24.4 Å². The number of nitrogen functional groups attached to an aromatic ring is 1. The van der Waals surface area contributed by atoms with Gasteiger partial charge in [0.25, 0.3) is 0 Å². The molecule has 0 radical (unpaired) electrons. The van der Waals surface area contributed by atoms with Crippen LogP contribution in [0.2, 0.25) is 15.1 Å². The number of nitrogens with two attached hydrogens (primary N) is 1. The zero-order chi connectivity index (χ0) is 12.6. The van der Waals surface area contributed by atoms with Gasteiger partial charge in [0.1, 0.15) is 11.6 Å². The van der Waals surface area contributed by atoms with Crippen molar-refractivity contribution >= 4 is 40.6 Å². The summed E-state index contributed by atoms with van der Waals surface area (Å²) < 4.78 is 13.1. The first-order valence-corrected chi connectivity index (χ1v) is 5.68. The second kappa shape index (κ2) is 4.69. The number of aromatic nitrogens is 1. The molecule has 6 heteroatoms. The van der Waals surface area contributed by atoms with Gasteiger partial charge in [-0.1, -0.05) is 34.8 Å². The van der Waals surface area contributed by atoms with Crippen molar-refractivity contribution in [3.05, 3.63) is 45.3 Å². The second-order valence-corrected chi connectivity index (χ2v) is 4.53. The minimum absolute atomic E-state index is 0.195. The molecular formula is C11H6Cl3FN2. The van der Waals surface area contributed by atoms with Crippen LogP contribution in [0.1, 0.15) is 0 Å². The number of hydrogen-bond donors (Lipinski definition) is 1. The average Bonchev–Trinajstić information content (AvgIpc) is 2.28. The molecule has 2 N–H and O–H groups in total. The number of halogens is 4. The van der Waals surface area contributed by atoms with E-state index in [1.165, 1.54) is 6.07 Å². The van der Waals surface area contributed by atoms with Gasteiger partial charge in [-0.15, -0.1) is 0 Å². The van der Waals surface area contributed by atoms with Gasteiger partial charge in [0, 0.05) is 5.56 Å². The summed E-state index contributed by atoms with van der Waals surface area (Å²) in [6.45, 7) is 0. The largest absolute Gasteiger partial charge is 0.383 e. The normalized spacial score (nSPS) is 10.6. The molecule has 0 amide bonds. The fraction of sp³-hybridized carbons (Fsp3) is 0. The van der Waals surface area contributed by atoms with Gasteiger partial charge < -0.3 is 5.73 Å². The Morgan fingerprint density at radius 3 is 2.24 bits per heavy atom. The third-order valence-electron chi connectivity index (χ3n) is 2.18. The van der Waals surface area contributed by atoms with Crippen LogP contribution in [0.25, 0.3) is 11.1 Å². The molecular weight excluding hydrogens is 285 g/mol. The van der Waals surface area contributed by atoms with Crippen molar-refractivity contribution in [3.63, 3.8) is 0 Å². The first-order chi connectivity index (χ1) is 7.99. The lowest BCUT2D eigenvalue weighted by Gasteiger charge is -2.07. The fourth-order valence-corrected chi connectivity index (χ4v) is 1.99. The van der Waals surface area contributed by atoms with Crippen LogP contribution < -0.4 is 5.73 Å². The van der Waals surface area contributed by atoms with E-state index in [0.29, 0.717) is 11.1 Å². The molecule has 1 aromatic carbocycles. The molecule has 0 aliphatic carbocycles. The standard InChI is InChI=1S/C11H6Cl3FN2/c12-8-1-5(2-9(13)10(8)14)7-3-6(15)4-17-11(7)16/h1-4H,(H2,16,17). The minimum Gasteiger partial charge on any atom is -0.383 e. The van der Waals surface area contributed by atoms with E-state index in [-0.39, 0.29) is 20.9 Å². The van der Waals surface area contributed by atoms with Crippen LogP contribution in [-0.4, -0.2) is 4.98 Å². The molecule has 17 heavy (non-hydrogen) atoms. The van der Waals surface area contributed by atoms with Gasteiger partial charge in [0.05, 0.1) is 21.3 Å². The van der Waals surface area contributed by atoms with Gasteiger partial charge in [-0.3, -0.25) is 0 Å². The van der Waals surface area contributed by atoms with E-state index in [2.05, 4.69) is 4.98 Å². The van der Waals surface area contributed by atoms with Crippen molar-refractivity contribution in [1.29, 1.82) is 0 Å². The maximum atomic E-state index is 13.1. The Kier molecular flexibility index (Phi) is 3.43. The van der Waals surface area contributed by atoms with Crippen LogP contribution >= 0.6 is 34.8 Å². The third-order valence-corrected chi connectivity index (χ3v) is 3.38. The summed E-state index contributed by atoms with van der Waals surface area (Å²) in [6.07, 6.45) is 1.04. The average molecular weight is 292 g/mol. The van der Waals surface area contributed by atoms with Crippen LogP contribution in [0.4, 0.5) is 10.2 Å². The molecule has 0 fully saturated rings. The Morgan fingerprint density at radius 1 is 1.06 bits per heavy atom. The number of anilines is 1. The topological polar surface area (TPSA) is 38.9 Å². The molecule has 88 valence electrons. The van der Waals surface area contributed by atoms with E-state index >= 15 is 0 Å². The summed E-state index contributed by atoms with van der Waals surface area (Å²) in [4.78, 5) is 3.72. The summed E-state index contributed by atoms with van der Waals surface area (Å²) in [5.41, 5.74) is 6.65. The lowest BCUT2D eigenvalue weighted by Crippen LogP contribution is -1.95. The number of nitrogens with zero attached hydrogens (tertiary/aromatic N) is 1. The highest BCUT2D eigenvalue weighted by Crippen LogP contribution is 2.36. The van der Waals surface area contributed by atoms with Gasteiger partial charge >= 0.3 is 0 Å². The molecule has 2 aromatic rings. The molecule has 0 spiro atoms. The number of rotatable bonds is 1. The van der Waals surface area contributed by atoms with E-state index < -0.39 is 5.82 Å². The quantitative estimate of drug-likeness (QED) is 0.789. The fourth-order valence-electron chi connectivity index (χ4n) is 1.39. The maximum absolute atomic E-state index is 13.1. The van der Waals surface area contributed by atoms with Gasteiger partial charge in [0.2, 0.25) is 0 Å². The minimum atomic E-state index is -0.489. The predicted octanol–water partition coefficient (Wildman–Crippen LogP) is 4.43. The summed E-state index contributed by atoms with van der Waals surface area (Å²) >= 11 is 17.6. The molecule has 1 heterocycles. The lowest BCUT2D eigenvalue weighted by atomic mass is 10.1. The Labute approximate surface area is 112 Å². The summed E-state index contributed by atoms with van der Waals surface area (Å²) in [5, 5.41) is 0.802. The van der Waals surface area contributed by atoms with Crippen LogP contribution in [0.3, 0.4) is 0 Å². The lowest BCUT2D eigenvalue weighted by molar-refractivity contribution is 0.622. The van der Waals surface area contributed by atoms with Crippen molar-refractivity contribution in [2.45, 2.75) is 0 Å². The second-order valence-electron chi connectivity index (χ2n) is 3.34. The number of hydrogen-bond acceptors (Lipinski definition) is 2. The monoisotopic (exact) mass is 290 g/mol. The molecule has 0 atom stereocenters. The summed E-state index contributed by atoms with van der Waals surface area (Å²) in [6, 6.07) is 4.38. The first-order valence-electron chi connectivity index (χ1n) is 4.55. The van der Waals surface area contributed by atoms with E-state index in [1.54, 1.807) is 12.1 Å². The van der Waals surface area contributed by atoms with E-state index in [1.807, 2.05) is 0 Å². The molecule has 2 nitrogen and oxygen atoms in total. The maximum Gasteiger partial charge on any atom is 0.142 e. The van der Waals surface area contributed by atoms with Crippen molar-refractivity contribution in [1.82, 2.24) is 4.98 Å². The molecule has 0 aliphatic rings. The highest BCUT2D eigenvalue weighted by atomic mass is 35.5. The SMILES string of the molecule is Nc1ncc(F)cc1-c1cc(Cl)c(Cl)c(Cl)c1. The van der Waals surface area contributed by atoms with Gasteiger partial charge in [-0.05, 0) is 23.8 Å². The Bertz CT molecular complexity index is 564. The van der Waals surface area contributed by atoms with Crippen molar-refractivity contribution < 1.29 is 4.39 Å². The third kappa shape index (κ3) is 2.46. The highest BCUT2D eigenvalue weighted by Gasteiger charge is 2.11. The molecule has 0 saturated heterocycles. The molecule has 2 rings (SSSR count). The van der Waals surface area contributed by atoms with Gasteiger partial charge in [-0.2, -0.15) is 0 Å². The Morgan fingerprint density at radius 2 is 1.65 bits per heavy atom.